The molecule has 3 nitrogen and oxygen atoms in total. The Kier molecular flexibility index (Phi) is 6.56. The second kappa shape index (κ2) is 7.68. The fourth-order valence-electron chi connectivity index (χ4n) is 2.93. The summed E-state index contributed by atoms with van der Waals surface area (Å²) in [5.74, 6) is 0.762. The Hall–Kier alpha value is -0.830. The summed E-state index contributed by atoms with van der Waals surface area (Å²) >= 11 is 0. The average Bonchev–Trinajstić information content (AvgIpc) is 2.59. The van der Waals surface area contributed by atoms with E-state index in [9.17, 15) is 0 Å². The minimum absolute atomic E-state index is 0.454. The summed E-state index contributed by atoms with van der Waals surface area (Å²) in [5.41, 5.74) is 3.89. The minimum Gasteiger partial charge on any atom is -0.310 e. The van der Waals surface area contributed by atoms with Crippen molar-refractivity contribution in [3.8, 4) is 0 Å². The van der Waals surface area contributed by atoms with E-state index >= 15 is 0 Å². The van der Waals surface area contributed by atoms with Crippen molar-refractivity contribution in [2.45, 2.75) is 66.3 Å². The molecule has 1 aromatic rings. The molecule has 0 spiro atoms. The maximum absolute atomic E-state index is 4.57. The highest BCUT2D eigenvalue weighted by Gasteiger charge is 2.21. The number of nitrogens with one attached hydrogen (secondary N) is 1. The quantitative estimate of drug-likeness (QED) is 0.772. The Morgan fingerprint density at radius 2 is 1.89 bits per heavy atom. The van der Waals surface area contributed by atoms with E-state index in [0.717, 1.165) is 12.5 Å². The van der Waals surface area contributed by atoms with Gasteiger partial charge in [-0.2, -0.15) is 5.10 Å². The van der Waals surface area contributed by atoms with Gasteiger partial charge in [-0.3, -0.25) is 4.68 Å². The summed E-state index contributed by atoms with van der Waals surface area (Å²) in [6, 6.07) is 0.454. The van der Waals surface area contributed by atoms with Crippen LogP contribution in [0.4, 0.5) is 0 Å². The number of aromatic nitrogens is 2. The van der Waals surface area contributed by atoms with Gasteiger partial charge in [0.25, 0.3) is 0 Å². The van der Waals surface area contributed by atoms with Gasteiger partial charge in [-0.05, 0) is 39.2 Å². The Balaban J connectivity index is 2.89. The lowest BCUT2D eigenvalue weighted by molar-refractivity contribution is 0.388. The van der Waals surface area contributed by atoms with Crippen LogP contribution < -0.4 is 5.32 Å². The molecule has 0 radical (unpaired) electrons. The molecule has 0 aliphatic heterocycles. The Labute approximate surface area is 118 Å². The molecule has 0 saturated carbocycles. The standard InChI is InChI=1S/C16H31N3/c1-7-9-12(3)11-15(17-10-8-2)16-13(4)18-19(6)14(16)5/h12,15,17H,7-11H2,1-6H3. The molecule has 2 atom stereocenters. The van der Waals surface area contributed by atoms with Gasteiger partial charge in [0, 0.05) is 24.3 Å². The second-order valence-electron chi connectivity index (χ2n) is 5.84. The van der Waals surface area contributed by atoms with E-state index in [2.05, 4.69) is 45.0 Å². The summed E-state index contributed by atoms with van der Waals surface area (Å²) < 4.78 is 2.01. The van der Waals surface area contributed by atoms with E-state index in [-0.39, 0.29) is 0 Å². The Morgan fingerprint density at radius 3 is 2.37 bits per heavy atom. The molecular formula is C16H31N3. The number of nitrogens with zero attached hydrogens (tertiary/aromatic N) is 2. The van der Waals surface area contributed by atoms with E-state index in [0.29, 0.717) is 6.04 Å². The van der Waals surface area contributed by atoms with Crippen molar-refractivity contribution in [1.29, 1.82) is 0 Å². The topological polar surface area (TPSA) is 29.9 Å². The Morgan fingerprint density at radius 1 is 1.21 bits per heavy atom. The van der Waals surface area contributed by atoms with Gasteiger partial charge in [0.1, 0.15) is 0 Å². The lowest BCUT2D eigenvalue weighted by atomic mass is 9.92. The van der Waals surface area contributed by atoms with E-state index < -0.39 is 0 Å². The second-order valence-corrected chi connectivity index (χ2v) is 5.84. The van der Waals surface area contributed by atoms with Crippen molar-refractivity contribution in [2.24, 2.45) is 13.0 Å². The van der Waals surface area contributed by atoms with Gasteiger partial charge in [0.2, 0.25) is 0 Å². The van der Waals surface area contributed by atoms with Gasteiger partial charge in [0.15, 0.2) is 0 Å². The zero-order chi connectivity index (χ0) is 14.4. The van der Waals surface area contributed by atoms with Gasteiger partial charge >= 0.3 is 0 Å². The molecule has 0 aliphatic carbocycles. The van der Waals surface area contributed by atoms with Gasteiger partial charge in [-0.1, -0.05) is 33.6 Å². The van der Waals surface area contributed by atoms with Crippen molar-refractivity contribution in [3.63, 3.8) is 0 Å². The summed E-state index contributed by atoms with van der Waals surface area (Å²) in [6.07, 6.45) is 4.97. The molecule has 19 heavy (non-hydrogen) atoms. The normalized spacial score (nSPS) is 14.6. The van der Waals surface area contributed by atoms with Crippen molar-refractivity contribution < 1.29 is 0 Å². The van der Waals surface area contributed by atoms with Crippen LogP contribution in [0.5, 0.6) is 0 Å². The summed E-state index contributed by atoms with van der Waals surface area (Å²) in [5, 5.41) is 8.29. The molecular weight excluding hydrogens is 234 g/mol. The van der Waals surface area contributed by atoms with E-state index in [1.807, 2.05) is 11.7 Å². The highest BCUT2D eigenvalue weighted by Crippen LogP contribution is 2.28. The first-order chi connectivity index (χ1) is 9.01. The Bertz CT molecular complexity index is 382. The molecule has 110 valence electrons. The zero-order valence-electron chi connectivity index (χ0n) is 13.6. The largest absolute Gasteiger partial charge is 0.310 e. The first kappa shape index (κ1) is 16.2. The van der Waals surface area contributed by atoms with Crippen LogP contribution in [0.1, 0.15) is 69.4 Å². The zero-order valence-corrected chi connectivity index (χ0v) is 13.6. The lowest BCUT2D eigenvalue weighted by Gasteiger charge is -2.23. The lowest BCUT2D eigenvalue weighted by Crippen LogP contribution is -2.25. The molecule has 1 aromatic heterocycles. The fraction of sp³-hybridized carbons (Fsp3) is 0.812. The van der Waals surface area contributed by atoms with Crippen LogP contribution in [0.15, 0.2) is 0 Å². The van der Waals surface area contributed by atoms with Crippen LogP contribution in [0.25, 0.3) is 0 Å². The molecule has 0 aromatic carbocycles. The summed E-state index contributed by atoms with van der Waals surface area (Å²) in [6.45, 7) is 12.3. The van der Waals surface area contributed by atoms with Crippen molar-refractivity contribution in [1.82, 2.24) is 15.1 Å². The molecule has 0 bridgehead atoms. The van der Waals surface area contributed by atoms with E-state index in [1.54, 1.807) is 0 Å². The predicted octanol–water partition coefficient (Wildman–Crippen LogP) is 3.90. The highest BCUT2D eigenvalue weighted by atomic mass is 15.3. The smallest absolute Gasteiger partial charge is 0.0644 e. The predicted molar refractivity (Wildman–Crippen MR) is 82.4 cm³/mol. The number of hydrogen-bond acceptors (Lipinski definition) is 2. The molecule has 1 N–H and O–H groups in total. The first-order valence-electron chi connectivity index (χ1n) is 7.74. The third-order valence-electron chi connectivity index (χ3n) is 3.97. The maximum Gasteiger partial charge on any atom is 0.0644 e. The number of aryl methyl sites for hydroxylation is 2. The summed E-state index contributed by atoms with van der Waals surface area (Å²) in [7, 11) is 2.04. The summed E-state index contributed by atoms with van der Waals surface area (Å²) in [4.78, 5) is 0. The SMILES string of the molecule is CCCNC(CC(C)CCC)c1c(C)nn(C)c1C. The maximum atomic E-state index is 4.57. The first-order valence-corrected chi connectivity index (χ1v) is 7.74. The number of hydrogen-bond donors (Lipinski definition) is 1. The van der Waals surface area contributed by atoms with Crippen LogP contribution >= 0.6 is 0 Å². The fourth-order valence-corrected chi connectivity index (χ4v) is 2.93. The van der Waals surface area contributed by atoms with Gasteiger partial charge in [0.05, 0.1) is 5.69 Å². The monoisotopic (exact) mass is 265 g/mol. The van der Waals surface area contributed by atoms with Crippen molar-refractivity contribution >= 4 is 0 Å². The molecule has 0 amide bonds. The van der Waals surface area contributed by atoms with Crippen LogP contribution in [0.3, 0.4) is 0 Å². The van der Waals surface area contributed by atoms with Crippen molar-refractivity contribution in [2.75, 3.05) is 6.54 Å². The molecule has 1 heterocycles. The molecule has 0 saturated heterocycles. The van der Waals surface area contributed by atoms with Crippen molar-refractivity contribution in [3.05, 3.63) is 17.0 Å². The third kappa shape index (κ3) is 4.34. The van der Waals surface area contributed by atoms with E-state index in [1.165, 1.54) is 42.6 Å². The third-order valence-corrected chi connectivity index (χ3v) is 3.97. The van der Waals surface area contributed by atoms with Gasteiger partial charge in [-0.15, -0.1) is 0 Å². The van der Waals surface area contributed by atoms with Crippen LogP contribution in [-0.4, -0.2) is 16.3 Å². The van der Waals surface area contributed by atoms with Crippen LogP contribution in [0.2, 0.25) is 0 Å². The van der Waals surface area contributed by atoms with E-state index in [4.69, 9.17) is 0 Å². The molecule has 3 heteroatoms. The van der Waals surface area contributed by atoms with Crippen LogP contribution in [0, 0.1) is 19.8 Å². The van der Waals surface area contributed by atoms with Crippen LogP contribution in [-0.2, 0) is 7.05 Å². The van der Waals surface area contributed by atoms with Gasteiger partial charge in [-0.25, -0.2) is 0 Å². The molecule has 0 fully saturated rings. The molecule has 0 aliphatic rings. The highest BCUT2D eigenvalue weighted by molar-refractivity contribution is 5.28. The molecule has 2 unspecified atom stereocenters. The average molecular weight is 265 g/mol. The number of rotatable bonds is 8. The molecule has 1 rings (SSSR count). The van der Waals surface area contributed by atoms with Gasteiger partial charge < -0.3 is 5.32 Å². The minimum atomic E-state index is 0.454.